The van der Waals surface area contributed by atoms with E-state index in [9.17, 15) is 15.3 Å². The van der Waals surface area contributed by atoms with Crippen molar-refractivity contribution in [1.82, 2.24) is 5.32 Å². The number of hydrogen-bond donors (Lipinski definition) is 5. The predicted octanol–water partition coefficient (Wildman–Crippen LogP) is 7.51. The maximum absolute atomic E-state index is 12.2. The fourth-order valence-corrected chi connectivity index (χ4v) is 10.1. The van der Waals surface area contributed by atoms with Gasteiger partial charge in [0, 0.05) is 64.4 Å². The molecule has 0 radical (unpaired) electrons. The lowest BCUT2D eigenvalue weighted by Crippen LogP contribution is -2.65. The average Bonchev–Trinajstić information content (AvgIpc) is 3.12. The number of anilines is 1. The van der Waals surface area contributed by atoms with Crippen molar-refractivity contribution in [3.8, 4) is 45.6 Å². The van der Waals surface area contributed by atoms with E-state index in [0.29, 0.717) is 48.1 Å². The van der Waals surface area contributed by atoms with E-state index in [4.69, 9.17) is 23.7 Å². The molecule has 3 aromatic rings. The van der Waals surface area contributed by atoms with Crippen molar-refractivity contribution in [2.45, 2.75) is 109 Å². The predicted molar refractivity (Wildman–Crippen MR) is 199 cm³/mol. The third-order valence-electron chi connectivity index (χ3n) is 12.6. The minimum Gasteiger partial charge on any atom is -0.502 e. The molecule has 5 aliphatic rings. The monoisotopic (exact) mass is 714 g/mol. The summed E-state index contributed by atoms with van der Waals surface area (Å²) in [5.41, 5.74) is 6.31. The number of aromatic hydroxyl groups is 1. The Kier molecular flexibility index (Phi) is 9.15. The van der Waals surface area contributed by atoms with Gasteiger partial charge in [-0.2, -0.15) is 0 Å². The summed E-state index contributed by atoms with van der Waals surface area (Å²) in [5, 5.41) is 42.0. The second-order valence-corrected chi connectivity index (χ2v) is 16.1. The van der Waals surface area contributed by atoms with Gasteiger partial charge in [-0.05, 0) is 87.0 Å². The zero-order valence-electron chi connectivity index (χ0n) is 31.3. The van der Waals surface area contributed by atoms with Gasteiger partial charge in [0.2, 0.25) is 5.75 Å². The Hall–Kier alpha value is -3.86. The number of phenolic OH excluding ortho intramolecular Hbond substituents is 1. The van der Waals surface area contributed by atoms with Gasteiger partial charge in [-0.15, -0.1) is 0 Å². The summed E-state index contributed by atoms with van der Waals surface area (Å²) in [5.74, 6) is 3.60. The molecule has 7 unspecified atom stereocenters. The average molecular weight is 715 g/mol. The first-order valence-corrected chi connectivity index (χ1v) is 19.2. The molecule has 52 heavy (non-hydrogen) atoms. The topological polar surface area (TPSA) is 131 Å². The van der Waals surface area contributed by atoms with Crippen LogP contribution in [0.2, 0.25) is 0 Å². The highest BCUT2D eigenvalue weighted by Crippen LogP contribution is 2.58. The third-order valence-corrected chi connectivity index (χ3v) is 12.6. The van der Waals surface area contributed by atoms with Crippen LogP contribution in [0.15, 0.2) is 24.3 Å². The molecule has 3 aromatic carbocycles. The first kappa shape index (κ1) is 35.2. The maximum atomic E-state index is 12.2. The van der Waals surface area contributed by atoms with E-state index in [1.54, 1.807) is 19.2 Å². The van der Waals surface area contributed by atoms with Gasteiger partial charge in [0.05, 0.1) is 39.6 Å². The lowest BCUT2D eigenvalue weighted by molar-refractivity contribution is -0.110. The first-order valence-electron chi connectivity index (χ1n) is 19.2. The van der Waals surface area contributed by atoms with Crippen LogP contribution in [0.4, 0.5) is 5.69 Å². The lowest BCUT2D eigenvalue weighted by atomic mass is 9.66. The number of aliphatic hydroxyl groups excluding tert-OH is 2. The largest absolute Gasteiger partial charge is 0.502 e. The number of phenols is 1. The van der Waals surface area contributed by atoms with Crippen LogP contribution in [-0.2, 0) is 12.8 Å². The number of benzene rings is 3. The molecular weight excluding hydrogens is 660 g/mol. The van der Waals surface area contributed by atoms with E-state index < -0.39 is 24.0 Å². The molecule has 10 nitrogen and oxygen atoms in total. The number of fused-ring (bicyclic) bond motifs is 3. The smallest absolute Gasteiger partial charge is 0.200 e. The van der Waals surface area contributed by atoms with Gasteiger partial charge in [0.1, 0.15) is 17.2 Å². The molecule has 1 saturated carbocycles. The second-order valence-electron chi connectivity index (χ2n) is 16.1. The molecule has 5 N–H and O–H groups in total. The summed E-state index contributed by atoms with van der Waals surface area (Å²) < 4.78 is 30.7. The second kappa shape index (κ2) is 13.5. The summed E-state index contributed by atoms with van der Waals surface area (Å²) in [4.78, 5) is 0. The molecule has 280 valence electrons. The van der Waals surface area contributed by atoms with E-state index in [1.807, 2.05) is 12.1 Å². The van der Waals surface area contributed by atoms with Crippen LogP contribution < -0.4 is 34.3 Å². The number of hydrogen-bond acceptors (Lipinski definition) is 10. The molecule has 3 aliphatic heterocycles. The SMILES string of the molecule is COc1cc(C2COc3cc4c5c(c3C2O)CCc2c(OC)cc(OC36CCCC(CCC(C)C)C3CCC(C)N6)c(c2-5)C(O)N4)cc(OC)c1O. The Morgan fingerprint density at radius 1 is 0.885 bits per heavy atom. The first-order chi connectivity index (χ1) is 25.1. The summed E-state index contributed by atoms with van der Waals surface area (Å²) in [6, 6.07) is 7.69. The molecule has 1 saturated heterocycles. The highest BCUT2D eigenvalue weighted by Gasteiger charge is 2.51. The standard InChI is InChI=1S/C42H54N2O8/c1-21(2)9-11-23-8-7-15-42(28(23)14-10-22(3)44-42)52-32-19-30(48-4)25-12-13-26-35-29(43-41(47)38(32)37(25)35)18-31-36(26)39(45)27(20-51-31)24-16-33(49-5)40(46)34(17-24)50-6/h16-19,21-23,27-28,39,41,43-47H,7-15,20H2,1-6H3. The van der Waals surface area contributed by atoms with Crippen molar-refractivity contribution in [3.63, 3.8) is 0 Å². The molecule has 2 fully saturated rings. The third kappa shape index (κ3) is 5.64. The van der Waals surface area contributed by atoms with Crippen LogP contribution in [0.5, 0.6) is 34.5 Å². The van der Waals surface area contributed by atoms with Crippen LogP contribution in [0, 0.1) is 17.8 Å². The highest BCUT2D eigenvalue weighted by atomic mass is 16.5. The minimum atomic E-state index is -1.01. The number of rotatable bonds is 9. The van der Waals surface area contributed by atoms with Crippen LogP contribution in [0.1, 0.15) is 112 Å². The summed E-state index contributed by atoms with van der Waals surface area (Å²) in [6.45, 7) is 7.08. The quantitative estimate of drug-likeness (QED) is 0.152. The van der Waals surface area contributed by atoms with Crippen LogP contribution in [-0.4, -0.2) is 55.0 Å². The van der Waals surface area contributed by atoms with Gasteiger partial charge in [-0.3, -0.25) is 5.32 Å². The summed E-state index contributed by atoms with van der Waals surface area (Å²) >= 11 is 0. The van der Waals surface area contributed by atoms with Crippen molar-refractivity contribution < 1.29 is 39.0 Å². The maximum Gasteiger partial charge on any atom is 0.200 e. The number of piperidine rings is 1. The van der Waals surface area contributed by atoms with Crippen molar-refractivity contribution in [1.29, 1.82) is 0 Å². The number of nitrogens with one attached hydrogen (secondary N) is 2. The van der Waals surface area contributed by atoms with Crippen LogP contribution in [0.25, 0.3) is 11.1 Å². The zero-order valence-corrected chi connectivity index (χ0v) is 31.3. The molecule has 2 aliphatic carbocycles. The van der Waals surface area contributed by atoms with E-state index in [-0.39, 0.29) is 23.9 Å². The number of aliphatic hydroxyl groups is 2. The van der Waals surface area contributed by atoms with Crippen molar-refractivity contribution in [2.75, 3.05) is 33.3 Å². The summed E-state index contributed by atoms with van der Waals surface area (Å²) in [6.07, 6.45) is 7.28. The Bertz CT molecular complexity index is 1840. The van der Waals surface area contributed by atoms with Crippen LogP contribution >= 0.6 is 0 Å². The van der Waals surface area contributed by atoms with Crippen molar-refractivity contribution in [3.05, 3.63) is 52.1 Å². The Labute approximate surface area is 306 Å². The number of methoxy groups -OCH3 is 3. The fraction of sp³-hybridized carbons (Fsp3) is 0.571. The van der Waals surface area contributed by atoms with Gasteiger partial charge >= 0.3 is 0 Å². The molecule has 0 bridgehead atoms. The van der Waals surface area contributed by atoms with Crippen molar-refractivity contribution >= 4 is 5.69 Å². The highest BCUT2D eigenvalue weighted by molar-refractivity contribution is 5.93. The van der Waals surface area contributed by atoms with Crippen LogP contribution in [0.3, 0.4) is 0 Å². The Morgan fingerprint density at radius 3 is 2.33 bits per heavy atom. The van der Waals surface area contributed by atoms with Gasteiger partial charge in [-0.25, -0.2) is 0 Å². The number of ether oxygens (including phenoxy) is 5. The summed E-state index contributed by atoms with van der Waals surface area (Å²) in [7, 11) is 4.69. The van der Waals surface area contributed by atoms with E-state index in [0.717, 1.165) is 76.1 Å². The van der Waals surface area contributed by atoms with Gasteiger partial charge in [0.15, 0.2) is 23.5 Å². The molecular formula is C42H54N2O8. The van der Waals surface area contributed by atoms with Crippen molar-refractivity contribution in [2.24, 2.45) is 17.8 Å². The van der Waals surface area contributed by atoms with E-state index in [1.165, 1.54) is 33.5 Å². The normalized spacial score (nSPS) is 28.5. The molecule has 0 amide bonds. The molecule has 0 aromatic heterocycles. The van der Waals surface area contributed by atoms with Gasteiger partial charge < -0.3 is 44.3 Å². The fourth-order valence-electron chi connectivity index (χ4n) is 10.1. The molecule has 0 spiro atoms. The van der Waals surface area contributed by atoms with Gasteiger partial charge in [-0.1, -0.05) is 20.3 Å². The van der Waals surface area contributed by atoms with Gasteiger partial charge in [0.25, 0.3) is 0 Å². The lowest BCUT2D eigenvalue weighted by Gasteiger charge is -2.53. The van der Waals surface area contributed by atoms with E-state index >= 15 is 0 Å². The Morgan fingerprint density at radius 2 is 1.62 bits per heavy atom. The molecule has 8 rings (SSSR count). The Balaban J connectivity index is 1.23. The molecule has 7 atom stereocenters. The zero-order chi connectivity index (χ0) is 36.5. The molecule has 3 heterocycles. The minimum absolute atomic E-state index is 0.0895. The molecule has 10 heteroatoms. The van der Waals surface area contributed by atoms with E-state index in [2.05, 4.69) is 31.4 Å².